The monoisotopic (exact) mass is 740 g/mol. The van der Waals surface area contributed by atoms with Gasteiger partial charge in [-0.05, 0) is 100 Å². The molecule has 1 heterocycles. The van der Waals surface area contributed by atoms with E-state index in [9.17, 15) is 19.2 Å². The summed E-state index contributed by atoms with van der Waals surface area (Å²) < 4.78 is 7.06. The molecule has 0 radical (unpaired) electrons. The zero-order valence-electron chi connectivity index (χ0n) is 18.0. The molecule has 0 saturated carbocycles. The number of carbonyl (C=O) groups excluding carboxylic acids is 4. The van der Waals surface area contributed by atoms with Crippen molar-refractivity contribution in [3.63, 3.8) is 0 Å². The van der Waals surface area contributed by atoms with Crippen molar-refractivity contribution in [3.05, 3.63) is 57.8 Å². The van der Waals surface area contributed by atoms with Crippen LogP contribution < -0.4 is 5.32 Å². The molecule has 0 aliphatic carbocycles. The highest BCUT2D eigenvalue weighted by Gasteiger charge is 2.47. The predicted molar refractivity (Wildman–Crippen MR) is 142 cm³/mol. The summed E-state index contributed by atoms with van der Waals surface area (Å²) in [5, 5.41) is 3.17. The lowest BCUT2D eigenvalue weighted by atomic mass is 10.0. The Morgan fingerprint density at radius 2 is 1.53 bits per heavy atom. The van der Waals surface area contributed by atoms with Gasteiger partial charge in [0.25, 0.3) is 17.7 Å². The zero-order chi connectivity index (χ0) is 25.5. The molecule has 180 valence electrons. The summed E-state index contributed by atoms with van der Waals surface area (Å²) in [6.07, 6.45) is 0. The number of rotatable bonds is 6. The molecule has 1 N–H and O–H groups in total. The van der Waals surface area contributed by atoms with E-state index in [2.05, 4.69) is 69.0 Å². The minimum atomic E-state index is -1.23. The van der Waals surface area contributed by atoms with E-state index < -0.39 is 42.3 Å². The van der Waals surface area contributed by atoms with Crippen molar-refractivity contribution in [1.29, 1.82) is 0 Å². The van der Waals surface area contributed by atoms with Crippen LogP contribution in [0.25, 0.3) is 0 Å². The Balaban J connectivity index is 1.81. The van der Waals surface area contributed by atoms with E-state index in [1.807, 2.05) is 0 Å². The van der Waals surface area contributed by atoms with E-state index in [-0.39, 0.29) is 11.1 Å². The first-order chi connectivity index (χ1) is 15.9. The van der Waals surface area contributed by atoms with Gasteiger partial charge < -0.3 is 10.1 Å². The Bertz CT molecular complexity index is 1190. The molecule has 0 bridgehead atoms. The van der Waals surface area contributed by atoms with E-state index in [0.717, 1.165) is 10.5 Å². The van der Waals surface area contributed by atoms with Gasteiger partial charge in [-0.2, -0.15) is 0 Å². The third-order valence-corrected chi connectivity index (χ3v) is 10.1. The van der Waals surface area contributed by atoms with Crippen molar-refractivity contribution >= 4 is 105 Å². The van der Waals surface area contributed by atoms with E-state index in [1.54, 1.807) is 39.0 Å². The van der Waals surface area contributed by atoms with Crippen molar-refractivity contribution in [1.82, 2.24) is 4.90 Å². The molecule has 34 heavy (non-hydrogen) atoms. The van der Waals surface area contributed by atoms with Crippen LogP contribution in [0.15, 0.2) is 36.1 Å². The van der Waals surface area contributed by atoms with E-state index in [0.29, 0.717) is 28.6 Å². The second-order valence-electron chi connectivity index (χ2n) is 7.79. The van der Waals surface area contributed by atoms with Crippen LogP contribution >= 0.6 is 75.3 Å². The van der Waals surface area contributed by atoms with Gasteiger partial charge in [-0.15, -0.1) is 0 Å². The standard InChI is InChI=1S/C22H17Br4ClN2O5/c1-8(2)19(22(33)34-7-12(30)28-11-5-4-10(27)6-9(11)3)29-20(31)13-14(21(29)32)16(24)18(26)17(25)15(13)23/h4-6,8,19H,7H2,1-3H3,(H,28,30)/t19-/m0/s1. The Morgan fingerprint density at radius 1 is 1.00 bits per heavy atom. The lowest BCUT2D eigenvalue weighted by Crippen LogP contribution is -2.49. The van der Waals surface area contributed by atoms with Crippen LogP contribution in [0.5, 0.6) is 0 Å². The van der Waals surface area contributed by atoms with Gasteiger partial charge in [0, 0.05) is 28.6 Å². The van der Waals surface area contributed by atoms with Gasteiger partial charge in [0.2, 0.25) is 0 Å². The third kappa shape index (κ3) is 5.13. The van der Waals surface area contributed by atoms with Crippen LogP contribution in [0.4, 0.5) is 5.69 Å². The van der Waals surface area contributed by atoms with Gasteiger partial charge >= 0.3 is 5.97 Å². The first kappa shape index (κ1) is 27.3. The molecular formula is C22H17Br4ClN2O5. The van der Waals surface area contributed by atoms with Crippen LogP contribution in [-0.4, -0.2) is 41.2 Å². The number of ether oxygens (including phenoxy) is 1. The molecule has 3 amide bonds. The average Bonchev–Trinajstić information content (AvgIpc) is 3.02. The number of nitrogens with zero attached hydrogens (tertiary/aromatic N) is 1. The number of esters is 1. The van der Waals surface area contributed by atoms with Gasteiger partial charge in [-0.25, -0.2) is 4.79 Å². The first-order valence-electron chi connectivity index (χ1n) is 9.83. The summed E-state index contributed by atoms with van der Waals surface area (Å²) >= 11 is 19.4. The Morgan fingerprint density at radius 3 is 2.00 bits per heavy atom. The first-order valence-corrected chi connectivity index (χ1v) is 13.4. The lowest BCUT2D eigenvalue weighted by Gasteiger charge is -2.27. The maximum atomic E-state index is 13.3. The van der Waals surface area contributed by atoms with Crippen LogP contribution in [0.2, 0.25) is 5.02 Å². The molecule has 0 unspecified atom stereocenters. The molecule has 3 rings (SSSR count). The molecule has 0 spiro atoms. The fraction of sp³-hybridized carbons (Fsp3) is 0.273. The van der Waals surface area contributed by atoms with Crippen LogP contribution in [0.1, 0.15) is 40.1 Å². The van der Waals surface area contributed by atoms with Crippen molar-refractivity contribution in [3.8, 4) is 0 Å². The normalized spacial score (nSPS) is 13.9. The van der Waals surface area contributed by atoms with Crippen molar-refractivity contribution in [2.45, 2.75) is 26.8 Å². The average molecular weight is 744 g/mol. The number of hydrogen-bond acceptors (Lipinski definition) is 5. The highest BCUT2D eigenvalue weighted by atomic mass is 79.9. The number of carbonyl (C=O) groups is 4. The minimum Gasteiger partial charge on any atom is -0.454 e. The summed E-state index contributed by atoms with van der Waals surface area (Å²) in [5.41, 5.74) is 1.52. The van der Waals surface area contributed by atoms with Gasteiger partial charge in [0.15, 0.2) is 6.61 Å². The summed E-state index contributed by atoms with van der Waals surface area (Å²) in [4.78, 5) is 52.7. The van der Waals surface area contributed by atoms with Gasteiger partial charge in [-0.3, -0.25) is 19.3 Å². The Labute approximate surface area is 234 Å². The van der Waals surface area contributed by atoms with E-state index in [4.69, 9.17) is 16.3 Å². The number of imide groups is 1. The fourth-order valence-corrected chi connectivity index (χ4v) is 6.15. The molecule has 0 aromatic heterocycles. The molecule has 12 heteroatoms. The van der Waals surface area contributed by atoms with Gasteiger partial charge in [0.1, 0.15) is 6.04 Å². The van der Waals surface area contributed by atoms with Crippen molar-refractivity contribution in [2.75, 3.05) is 11.9 Å². The fourth-order valence-electron chi connectivity index (χ4n) is 3.47. The van der Waals surface area contributed by atoms with Crippen molar-refractivity contribution < 1.29 is 23.9 Å². The topological polar surface area (TPSA) is 92.8 Å². The number of halogens is 5. The number of benzene rings is 2. The summed E-state index contributed by atoms with van der Waals surface area (Å²) in [6.45, 7) is 4.56. The summed E-state index contributed by atoms with van der Waals surface area (Å²) in [5.74, 6) is -3.18. The molecule has 2 aromatic carbocycles. The Kier molecular flexibility index (Phi) is 8.66. The molecular weight excluding hydrogens is 727 g/mol. The van der Waals surface area contributed by atoms with E-state index in [1.165, 1.54) is 0 Å². The minimum absolute atomic E-state index is 0.126. The van der Waals surface area contributed by atoms with Crippen LogP contribution in [0, 0.1) is 12.8 Å². The number of anilines is 1. The molecule has 1 aliphatic heterocycles. The number of nitrogens with one attached hydrogen (secondary N) is 1. The van der Waals surface area contributed by atoms with Gasteiger partial charge in [-0.1, -0.05) is 25.4 Å². The van der Waals surface area contributed by atoms with Crippen LogP contribution in [-0.2, 0) is 14.3 Å². The molecule has 1 atom stereocenters. The number of aryl methyl sites for hydroxylation is 1. The highest BCUT2D eigenvalue weighted by molar-refractivity contribution is 9.15. The van der Waals surface area contributed by atoms with E-state index >= 15 is 0 Å². The SMILES string of the molecule is Cc1cc(Cl)ccc1NC(=O)COC(=O)[C@H](C(C)C)N1C(=O)c2c(Br)c(Br)c(Br)c(Br)c2C1=O. The van der Waals surface area contributed by atoms with Gasteiger partial charge in [0.05, 0.1) is 11.1 Å². The lowest BCUT2D eigenvalue weighted by molar-refractivity contribution is -0.152. The Hall–Kier alpha value is -1.27. The molecule has 0 saturated heterocycles. The molecule has 7 nitrogen and oxygen atoms in total. The molecule has 2 aromatic rings. The number of fused-ring (bicyclic) bond motifs is 1. The number of hydrogen-bond donors (Lipinski definition) is 1. The zero-order valence-corrected chi connectivity index (χ0v) is 25.1. The highest BCUT2D eigenvalue weighted by Crippen LogP contribution is 2.46. The summed E-state index contributed by atoms with van der Waals surface area (Å²) in [7, 11) is 0. The maximum Gasteiger partial charge on any atom is 0.330 e. The molecule has 1 aliphatic rings. The maximum absolute atomic E-state index is 13.3. The predicted octanol–water partition coefficient (Wildman–Crippen LogP) is 6.50. The molecule has 0 fully saturated rings. The third-order valence-electron chi connectivity index (χ3n) is 5.09. The smallest absolute Gasteiger partial charge is 0.330 e. The second kappa shape index (κ2) is 10.8. The summed E-state index contributed by atoms with van der Waals surface area (Å²) in [6, 6.07) is 3.72. The number of amides is 3. The quantitative estimate of drug-likeness (QED) is 0.158. The largest absolute Gasteiger partial charge is 0.454 e. The second-order valence-corrected chi connectivity index (χ2v) is 11.4. The van der Waals surface area contributed by atoms with Crippen molar-refractivity contribution in [2.24, 2.45) is 5.92 Å². The van der Waals surface area contributed by atoms with Crippen LogP contribution in [0.3, 0.4) is 0 Å².